The number of nitrogens with zero attached hydrogens (tertiary/aromatic N) is 2. The molecule has 0 saturated heterocycles. The SMILES string of the molecule is Cc1ccc(NC(=O)CSc2ncc(S(=O)(=O)c3ccc(C)c(C)c3)c(N)n2)c(Cl)c1. The van der Waals surface area contributed by atoms with Gasteiger partial charge in [0.25, 0.3) is 0 Å². The van der Waals surface area contributed by atoms with Crippen molar-refractivity contribution in [2.75, 3.05) is 16.8 Å². The lowest BCUT2D eigenvalue weighted by Crippen LogP contribution is -2.15. The van der Waals surface area contributed by atoms with E-state index in [4.69, 9.17) is 17.3 Å². The van der Waals surface area contributed by atoms with E-state index in [1.807, 2.05) is 26.8 Å². The zero-order chi connectivity index (χ0) is 22.8. The topological polar surface area (TPSA) is 115 Å². The first-order valence-corrected chi connectivity index (χ1v) is 12.1. The largest absolute Gasteiger partial charge is 0.382 e. The molecular weight excluding hydrogens is 456 g/mol. The molecule has 3 rings (SSSR count). The molecule has 0 atom stereocenters. The number of rotatable bonds is 6. The Morgan fingerprint density at radius 1 is 1.13 bits per heavy atom. The molecule has 1 heterocycles. The number of benzene rings is 2. The van der Waals surface area contributed by atoms with Gasteiger partial charge in [-0.2, -0.15) is 0 Å². The number of sulfone groups is 1. The molecule has 2 aromatic carbocycles. The molecule has 31 heavy (non-hydrogen) atoms. The van der Waals surface area contributed by atoms with Crippen LogP contribution in [0.5, 0.6) is 0 Å². The van der Waals surface area contributed by atoms with Crippen LogP contribution in [0.15, 0.2) is 57.5 Å². The second-order valence-electron chi connectivity index (χ2n) is 6.97. The number of aromatic nitrogens is 2. The molecule has 3 N–H and O–H groups in total. The molecule has 10 heteroatoms. The third-order valence-corrected chi connectivity index (χ3v) is 7.51. The number of anilines is 2. The number of nitrogen functional groups attached to an aromatic ring is 1. The van der Waals surface area contributed by atoms with Crippen LogP contribution >= 0.6 is 23.4 Å². The van der Waals surface area contributed by atoms with E-state index in [1.54, 1.807) is 24.3 Å². The fourth-order valence-corrected chi connectivity index (χ4v) is 4.94. The Morgan fingerprint density at radius 2 is 1.87 bits per heavy atom. The number of halogens is 1. The van der Waals surface area contributed by atoms with Gasteiger partial charge in [-0.1, -0.05) is 35.5 Å². The van der Waals surface area contributed by atoms with Crippen LogP contribution in [0.4, 0.5) is 11.5 Å². The number of hydrogen-bond acceptors (Lipinski definition) is 7. The average molecular weight is 477 g/mol. The quantitative estimate of drug-likeness (QED) is 0.404. The maximum atomic E-state index is 12.9. The summed E-state index contributed by atoms with van der Waals surface area (Å²) in [5.41, 5.74) is 9.25. The van der Waals surface area contributed by atoms with Crippen LogP contribution in [0.25, 0.3) is 0 Å². The van der Waals surface area contributed by atoms with Crippen LogP contribution in [0.2, 0.25) is 5.02 Å². The zero-order valence-electron chi connectivity index (χ0n) is 17.1. The highest BCUT2D eigenvalue weighted by molar-refractivity contribution is 7.99. The van der Waals surface area contributed by atoms with Gasteiger partial charge >= 0.3 is 0 Å². The summed E-state index contributed by atoms with van der Waals surface area (Å²) < 4.78 is 25.8. The second kappa shape index (κ2) is 9.25. The summed E-state index contributed by atoms with van der Waals surface area (Å²) in [6, 6.07) is 10.2. The summed E-state index contributed by atoms with van der Waals surface area (Å²) in [6.45, 7) is 5.64. The molecule has 0 fully saturated rings. The van der Waals surface area contributed by atoms with E-state index in [9.17, 15) is 13.2 Å². The van der Waals surface area contributed by atoms with Crippen LogP contribution in [-0.4, -0.2) is 30.0 Å². The van der Waals surface area contributed by atoms with E-state index < -0.39 is 9.84 Å². The van der Waals surface area contributed by atoms with E-state index in [0.717, 1.165) is 28.5 Å². The van der Waals surface area contributed by atoms with Crippen LogP contribution in [0.3, 0.4) is 0 Å². The molecule has 0 aliphatic carbocycles. The number of aryl methyl sites for hydroxylation is 3. The smallest absolute Gasteiger partial charge is 0.234 e. The van der Waals surface area contributed by atoms with Crippen LogP contribution in [-0.2, 0) is 14.6 Å². The standard InChI is InChI=1S/C21H21ClN4O3S2/c1-12-4-7-17(16(22)8-12)25-19(27)11-30-21-24-10-18(20(23)26-21)31(28,29)15-6-5-13(2)14(3)9-15/h4-10H,11H2,1-3H3,(H,25,27)(H2,23,24,26). The number of hydrogen-bond donors (Lipinski definition) is 2. The van der Waals surface area contributed by atoms with Gasteiger partial charge < -0.3 is 11.1 Å². The van der Waals surface area contributed by atoms with Crippen molar-refractivity contribution in [2.24, 2.45) is 0 Å². The molecule has 0 saturated carbocycles. The van der Waals surface area contributed by atoms with Gasteiger partial charge in [0.2, 0.25) is 15.7 Å². The van der Waals surface area contributed by atoms with Crippen molar-refractivity contribution in [2.45, 2.75) is 35.7 Å². The molecule has 0 spiro atoms. The highest BCUT2D eigenvalue weighted by atomic mass is 35.5. The first kappa shape index (κ1) is 23.1. The Labute approximate surface area is 190 Å². The van der Waals surface area contributed by atoms with Gasteiger partial charge in [0.15, 0.2) is 5.16 Å². The van der Waals surface area contributed by atoms with Gasteiger partial charge in [0.1, 0.15) is 10.7 Å². The molecule has 1 amide bonds. The molecule has 0 radical (unpaired) electrons. The monoisotopic (exact) mass is 476 g/mol. The number of carbonyl (C=O) groups is 1. The van der Waals surface area contributed by atoms with E-state index in [2.05, 4.69) is 15.3 Å². The first-order valence-electron chi connectivity index (χ1n) is 9.21. The fourth-order valence-electron chi connectivity index (χ4n) is 2.69. The van der Waals surface area contributed by atoms with Crippen molar-refractivity contribution < 1.29 is 13.2 Å². The lowest BCUT2D eigenvalue weighted by molar-refractivity contribution is -0.113. The zero-order valence-corrected chi connectivity index (χ0v) is 19.5. The van der Waals surface area contributed by atoms with Crippen LogP contribution in [0, 0.1) is 20.8 Å². The van der Waals surface area contributed by atoms with E-state index in [1.165, 1.54) is 12.3 Å². The summed E-state index contributed by atoms with van der Waals surface area (Å²) in [4.78, 5) is 20.3. The minimum absolute atomic E-state index is 0.00684. The number of nitrogens with two attached hydrogens (primary N) is 1. The second-order valence-corrected chi connectivity index (χ2v) is 10.2. The summed E-state index contributed by atoms with van der Waals surface area (Å²) in [7, 11) is -3.86. The summed E-state index contributed by atoms with van der Waals surface area (Å²) in [5.74, 6) is -0.463. The van der Waals surface area contributed by atoms with Crippen LogP contribution in [0.1, 0.15) is 16.7 Å². The molecule has 0 bridgehead atoms. The Kier molecular flexibility index (Phi) is 6.88. The van der Waals surface area contributed by atoms with Crippen molar-refractivity contribution >= 4 is 50.6 Å². The molecule has 162 valence electrons. The van der Waals surface area contributed by atoms with Crippen molar-refractivity contribution in [3.05, 3.63) is 64.3 Å². The van der Waals surface area contributed by atoms with E-state index in [-0.39, 0.29) is 32.4 Å². The normalized spacial score (nSPS) is 11.4. The predicted octanol–water partition coefficient (Wildman–Crippen LogP) is 4.20. The Bertz CT molecular complexity index is 1260. The fraction of sp³-hybridized carbons (Fsp3) is 0.190. The maximum Gasteiger partial charge on any atom is 0.234 e. The molecule has 1 aromatic heterocycles. The van der Waals surface area contributed by atoms with Crippen molar-refractivity contribution in [3.8, 4) is 0 Å². The van der Waals surface area contributed by atoms with Gasteiger partial charge in [0, 0.05) is 0 Å². The lowest BCUT2D eigenvalue weighted by Gasteiger charge is -2.10. The molecule has 7 nitrogen and oxygen atoms in total. The summed E-state index contributed by atoms with van der Waals surface area (Å²) >= 11 is 7.16. The Hall–Kier alpha value is -2.62. The maximum absolute atomic E-state index is 12.9. The Balaban J connectivity index is 1.71. The highest BCUT2D eigenvalue weighted by Crippen LogP contribution is 2.27. The summed E-state index contributed by atoms with van der Waals surface area (Å²) in [5, 5.41) is 3.36. The number of amides is 1. The van der Waals surface area contributed by atoms with E-state index in [0.29, 0.717) is 10.7 Å². The van der Waals surface area contributed by atoms with Crippen molar-refractivity contribution in [3.63, 3.8) is 0 Å². The van der Waals surface area contributed by atoms with E-state index >= 15 is 0 Å². The highest BCUT2D eigenvalue weighted by Gasteiger charge is 2.23. The minimum atomic E-state index is -3.86. The van der Waals surface area contributed by atoms with Gasteiger partial charge in [-0.05, 0) is 61.7 Å². The number of nitrogens with one attached hydrogen (secondary N) is 1. The molecule has 0 aliphatic rings. The number of carbonyl (C=O) groups excluding carboxylic acids is 1. The number of thioether (sulfide) groups is 1. The van der Waals surface area contributed by atoms with Gasteiger partial charge in [-0.3, -0.25) is 4.79 Å². The predicted molar refractivity (Wildman–Crippen MR) is 123 cm³/mol. The Morgan fingerprint density at radius 3 is 2.52 bits per heavy atom. The van der Waals surface area contributed by atoms with Crippen molar-refractivity contribution in [1.29, 1.82) is 0 Å². The first-order chi connectivity index (χ1) is 14.6. The molecule has 0 unspecified atom stereocenters. The van der Waals surface area contributed by atoms with Crippen LogP contribution < -0.4 is 11.1 Å². The molecule has 0 aliphatic heterocycles. The van der Waals surface area contributed by atoms with Gasteiger partial charge in [-0.25, -0.2) is 18.4 Å². The minimum Gasteiger partial charge on any atom is -0.382 e. The average Bonchev–Trinajstić information content (AvgIpc) is 2.70. The third-order valence-electron chi connectivity index (χ3n) is 4.57. The summed E-state index contributed by atoms with van der Waals surface area (Å²) in [6.07, 6.45) is 1.17. The van der Waals surface area contributed by atoms with Gasteiger partial charge in [-0.15, -0.1) is 0 Å². The van der Waals surface area contributed by atoms with Crippen molar-refractivity contribution in [1.82, 2.24) is 9.97 Å². The lowest BCUT2D eigenvalue weighted by atomic mass is 10.1. The molecule has 3 aromatic rings. The molecular formula is C21H21ClN4O3S2. The third kappa shape index (κ3) is 5.36. The van der Waals surface area contributed by atoms with Gasteiger partial charge in [0.05, 0.1) is 27.6 Å².